The minimum atomic E-state index is -0.0883. The Morgan fingerprint density at radius 2 is 2.36 bits per heavy atom. The molecule has 1 aromatic heterocycles. The van der Waals surface area contributed by atoms with Crippen LogP contribution in [0, 0.1) is 0 Å². The van der Waals surface area contributed by atoms with E-state index in [0.29, 0.717) is 12.4 Å². The number of hydrogen-bond acceptors (Lipinski definition) is 5. The fourth-order valence-electron chi connectivity index (χ4n) is 2.50. The van der Waals surface area contributed by atoms with Gasteiger partial charge in [-0.05, 0) is 48.9 Å². The van der Waals surface area contributed by atoms with Crippen LogP contribution in [-0.4, -0.2) is 38.7 Å². The first kappa shape index (κ1) is 16.4. The van der Waals surface area contributed by atoms with Crippen LogP contribution in [0.25, 0.3) is 11.4 Å². The second-order valence-electron chi connectivity index (χ2n) is 5.04. The molecule has 1 unspecified atom stereocenters. The number of nitrogens with zero attached hydrogens (tertiary/aromatic N) is 4. The maximum Gasteiger partial charge on any atom is 0.241 e. The van der Waals surface area contributed by atoms with Gasteiger partial charge in [-0.15, -0.1) is 17.5 Å². The number of aromatic nitrogens is 4. The Labute approximate surface area is 134 Å². The number of anilines is 1. The van der Waals surface area contributed by atoms with Crippen molar-refractivity contribution in [3.8, 4) is 11.4 Å². The highest BCUT2D eigenvalue weighted by molar-refractivity contribution is 5.95. The van der Waals surface area contributed by atoms with E-state index in [9.17, 15) is 4.79 Å². The molecule has 1 aliphatic heterocycles. The summed E-state index contributed by atoms with van der Waals surface area (Å²) < 4.78 is 1.72. The van der Waals surface area contributed by atoms with Gasteiger partial charge >= 0.3 is 0 Å². The summed E-state index contributed by atoms with van der Waals surface area (Å²) in [5.74, 6) is 0.715. The van der Waals surface area contributed by atoms with Crippen molar-refractivity contribution < 1.29 is 4.79 Å². The van der Waals surface area contributed by atoms with Crippen LogP contribution in [-0.2, 0) is 11.3 Å². The van der Waals surface area contributed by atoms with E-state index < -0.39 is 0 Å². The smallest absolute Gasteiger partial charge is 0.241 e. The summed E-state index contributed by atoms with van der Waals surface area (Å²) in [4.78, 5) is 12.1. The summed E-state index contributed by atoms with van der Waals surface area (Å²) in [5.41, 5.74) is 1.65. The van der Waals surface area contributed by atoms with E-state index in [-0.39, 0.29) is 24.4 Å². The molecule has 1 fully saturated rings. The van der Waals surface area contributed by atoms with Gasteiger partial charge in [-0.1, -0.05) is 12.1 Å². The minimum absolute atomic E-state index is 0. The molecule has 3 rings (SSSR count). The van der Waals surface area contributed by atoms with Gasteiger partial charge in [0.05, 0.1) is 6.04 Å². The van der Waals surface area contributed by atoms with Crippen molar-refractivity contribution in [2.45, 2.75) is 32.4 Å². The molecule has 1 aromatic carbocycles. The molecular formula is C14H19ClN6O. The molecule has 0 aliphatic carbocycles. The number of rotatable bonds is 4. The number of halogens is 1. The molecule has 2 heterocycles. The van der Waals surface area contributed by atoms with Crippen molar-refractivity contribution in [2.75, 3.05) is 11.9 Å². The fraction of sp³-hybridized carbons (Fsp3) is 0.429. The molecule has 2 aromatic rings. The predicted octanol–water partition coefficient (Wildman–Crippen LogP) is 1.47. The molecule has 0 saturated carbocycles. The van der Waals surface area contributed by atoms with Crippen LogP contribution in [0.1, 0.15) is 19.8 Å². The number of tetrazole rings is 1. The minimum Gasteiger partial charge on any atom is -0.325 e. The molecular weight excluding hydrogens is 304 g/mol. The van der Waals surface area contributed by atoms with Gasteiger partial charge in [0.2, 0.25) is 5.91 Å². The first-order chi connectivity index (χ1) is 10.3. The second kappa shape index (κ2) is 7.33. The van der Waals surface area contributed by atoms with E-state index in [0.717, 1.165) is 30.6 Å². The van der Waals surface area contributed by atoms with Gasteiger partial charge in [0.1, 0.15) is 0 Å². The number of carbonyl (C=O) groups excluding carboxylic acids is 1. The van der Waals surface area contributed by atoms with Gasteiger partial charge in [-0.3, -0.25) is 4.79 Å². The normalized spacial score (nSPS) is 17.0. The lowest BCUT2D eigenvalue weighted by molar-refractivity contribution is -0.117. The first-order valence-electron chi connectivity index (χ1n) is 7.19. The molecule has 1 saturated heterocycles. The zero-order valence-electron chi connectivity index (χ0n) is 12.3. The quantitative estimate of drug-likeness (QED) is 0.890. The van der Waals surface area contributed by atoms with E-state index in [2.05, 4.69) is 26.2 Å². The fourth-order valence-corrected chi connectivity index (χ4v) is 2.50. The average Bonchev–Trinajstić information content (AvgIpc) is 3.18. The Kier molecular flexibility index (Phi) is 5.46. The third-order valence-corrected chi connectivity index (χ3v) is 3.60. The highest BCUT2D eigenvalue weighted by Crippen LogP contribution is 2.20. The lowest BCUT2D eigenvalue weighted by Gasteiger charge is -2.11. The van der Waals surface area contributed by atoms with E-state index in [1.165, 1.54) is 0 Å². The van der Waals surface area contributed by atoms with Crippen LogP contribution < -0.4 is 10.6 Å². The van der Waals surface area contributed by atoms with E-state index in [1.54, 1.807) is 4.68 Å². The highest BCUT2D eigenvalue weighted by Gasteiger charge is 2.22. The van der Waals surface area contributed by atoms with Gasteiger partial charge in [-0.2, -0.15) is 0 Å². The van der Waals surface area contributed by atoms with Crippen LogP contribution >= 0.6 is 12.4 Å². The maximum absolute atomic E-state index is 12.1. The number of benzene rings is 1. The Balaban J connectivity index is 0.00000176. The Hall–Kier alpha value is -1.99. The number of aryl methyl sites for hydroxylation is 1. The predicted molar refractivity (Wildman–Crippen MR) is 85.8 cm³/mol. The van der Waals surface area contributed by atoms with Crippen LogP contribution in [0.5, 0.6) is 0 Å². The first-order valence-corrected chi connectivity index (χ1v) is 7.19. The van der Waals surface area contributed by atoms with Gasteiger partial charge < -0.3 is 10.6 Å². The number of amides is 1. The van der Waals surface area contributed by atoms with E-state index in [4.69, 9.17) is 0 Å². The molecule has 1 atom stereocenters. The van der Waals surface area contributed by atoms with Crippen molar-refractivity contribution in [3.05, 3.63) is 24.3 Å². The zero-order chi connectivity index (χ0) is 14.7. The SMILES string of the molecule is CCn1nnnc1-c1cccc(NC(=O)C2CCCN2)c1.Cl. The summed E-state index contributed by atoms with van der Waals surface area (Å²) in [6, 6.07) is 7.50. The summed E-state index contributed by atoms with van der Waals surface area (Å²) in [6.45, 7) is 3.59. The second-order valence-corrected chi connectivity index (χ2v) is 5.04. The van der Waals surface area contributed by atoms with Crippen LogP contribution in [0.15, 0.2) is 24.3 Å². The van der Waals surface area contributed by atoms with Crippen molar-refractivity contribution in [2.24, 2.45) is 0 Å². The molecule has 1 amide bonds. The third kappa shape index (κ3) is 3.42. The highest BCUT2D eigenvalue weighted by atomic mass is 35.5. The summed E-state index contributed by atoms with van der Waals surface area (Å²) in [5, 5.41) is 17.8. The molecule has 2 N–H and O–H groups in total. The van der Waals surface area contributed by atoms with Crippen molar-refractivity contribution in [3.63, 3.8) is 0 Å². The summed E-state index contributed by atoms with van der Waals surface area (Å²) >= 11 is 0. The molecule has 118 valence electrons. The molecule has 22 heavy (non-hydrogen) atoms. The Bertz CT molecular complexity index is 638. The Morgan fingerprint density at radius 3 is 3.09 bits per heavy atom. The van der Waals surface area contributed by atoms with Gasteiger partial charge in [0, 0.05) is 17.8 Å². The lowest BCUT2D eigenvalue weighted by Crippen LogP contribution is -2.35. The molecule has 8 heteroatoms. The van der Waals surface area contributed by atoms with Gasteiger partial charge in [-0.25, -0.2) is 4.68 Å². The number of nitrogens with one attached hydrogen (secondary N) is 2. The largest absolute Gasteiger partial charge is 0.325 e. The van der Waals surface area contributed by atoms with E-state index in [1.807, 2.05) is 31.2 Å². The van der Waals surface area contributed by atoms with E-state index >= 15 is 0 Å². The van der Waals surface area contributed by atoms with Crippen LogP contribution in [0.4, 0.5) is 5.69 Å². The molecule has 1 aliphatic rings. The van der Waals surface area contributed by atoms with Crippen molar-refractivity contribution in [1.29, 1.82) is 0 Å². The monoisotopic (exact) mass is 322 g/mol. The topological polar surface area (TPSA) is 84.7 Å². The van der Waals surface area contributed by atoms with Crippen molar-refractivity contribution in [1.82, 2.24) is 25.5 Å². The molecule has 0 spiro atoms. The number of hydrogen-bond donors (Lipinski definition) is 2. The van der Waals surface area contributed by atoms with Crippen LogP contribution in [0.3, 0.4) is 0 Å². The standard InChI is InChI=1S/C14H18N6O.ClH/c1-2-20-13(17-18-19-20)10-5-3-6-11(9-10)16-14(21)12-7-4-8-15-12;/h3,5-6,9,12,15H,2,4,7-8H2,1H3,(H,16,21);1H. The van der Waals surface area contributed by atoms with Gasteiger partial charge in [0.25, 0.3) is 0 Å². The van der Waals surface area contributed by atoms with Crippen molar-refractivity contribution >= 4 is 24.0 Å². The average molecular weight is 323 g/mol. The van der Waals surface area contributed by atoms with Crippen LogP contribution in [0.2, 0.25) is 0 Å². The summed E-state index contributed by atoms with van der Waals surface area (Å²) in [7, 11) is 0. The molecule has 7 nitrogen and oxygen atoms in total. The Morgan fingerprint density at radius 1 is 1.50 bits per heavy atom. The lowest BCUT2D eigenvalue weighted by atomic mass is 10.1. The third-order valence-electron chi connectivity index (χ3n) is 3.60. The summed E-state index contributed by atoms with van der Waals surface area (Å²) in [6.07, 6.45) is 1.93. The van der Waals surface area contributed by atoms with Gasteiger partial charge in [0.15, 0.2) is 5.82 Å². The zero-order valence-corrected chi connectivity index (χ0v) is 13.1. The molecule has 0 bridgehead atoms. The molecule has 0 radical (unpaired) electrons. The maximum atomic E-state index is 12.1. The number of carbonyl (C=O) groups is 1.